The maximum Gasteiger partial charge on any atom is 0.248 e. The Morgan fingerprint density at radius 2 is 2.17 bits per heavy atom. The van der Waals surface area contributed by atoms with Crippen LogP contribution in [0.1, 0.15) is 37.8 Å². The van der Waals surface area contributed by atoms with Gasteiger partial charge in [-0.25, -0.2) is 0 Å². The van der Waals surface area contributed by atoms with E-state index in [9.17, 15) is 4.79 Å². The van der Waals surface area contributed by atoms with Gasteiger partial charge < -0.3 is 18.6 Å². The third-order valence-electron chi connectivity index (χ3n) is 4.31. The fraction of sp³-hybridized carbons (Fsp3) is 0.529. The minimum Gasteiger partial charge on any atom is -0.461 e. The van der Waals surface area contributed by atoms with Crippen LogP contribution in [0.3, 0.4) is 0 Å². The summed E-state index contributed by atoms with van der Waals surface area (Å²) in [7, 11) is 1.87. The lowest BCUT2D eigenvalue weighted by Gasteiger charge is -2.31. The molecule has 23 heavy (non-hydrogen) atoms. The quantitative estimate of drug-likeness (QED) is 0.818. The number of rotatable bonds is 6. The second-order valence-electron chi connectivity index (χ2n) is 5.95. The van der Waals surface area contributed by atoms with Gasteiger partial charge in [0.05, 0.1) is 12.9 Å². The SMILES string of the molecule is CN(C(=O)COCc1cc(-c2ccco2)on1)C1CCCCC1. The first kappa shape index (κ1) is 15.8. The Morgan fingerprint density at radius 3 is 2.91 bits per heavy atom. The molecule has 0 N–H and O–H groups in total. The average molecular weight is 318 g/mol. The summed E-state index contributed by atoms with van der Waals surface area (Å²) in [6.45, 7) is 0.310. The number of nitrogens with zero attached hydrogens (tertiary/aromatic N) is 2. The molecule has 1 fully saturated rings. The molecule has 0 aromatic carbocycles. The van der Waals surface area contributed by atoms with E-state index in [2.05, 4.69) is 5.16 Å². The number of aromatic nitrogens is 1. The van der Waals surface area contributed by atoms with Gasteiger partial charge in [-0.3, -0.25) is 4.79 Å². The molecule has 0 radical (unpaired) electrons. The molecule has 2 heterocycles. The van der Waals surface area contributed by atoms with Crippen LogP contribution in [0, 0.1) is 0 Å². The second kappa shape index (κ2) is 7.46. The molecule has 1 aliphatic carbocycles. The summed E-state index contributed by atoms with van der Waals surface area (Å²) in [5.74, 6) is 1.20. The van der Waals surface area contributed by atoms with Crippen molar-refractivity contribution in [3.63, 3.8) is 0 Å². The molecule has 1 aliphatic rings. The van der Waals surface area contributed by atoms with Crippen molar-refractivity contribution in [2.24, 2.45) is 0 Å². The molecule has 124 valence electrons. The Hall–Kier alpha value is -2.08. The zero-order chi connectivity index (χ0) is 16.1. The van der Waals surface area contributed by atoms with Crippen LogP contribution in [0.5, 0.6) is 0 Å². The van der Waals surface area contributed by atoms with Crippen molar-refractivity contribution < 1.29 is 18.5 Å². The molecule has 0 atom stereocenters. The Morgan fingerprint density at radius 1 is 1.35 bits per heavy atom. The van der Waals surface area contributed by atoms with Gasteiger partial charge in [-0.2, -0.15) is 0 Å². The van der Waals surface area contributed by atoms with Gasteiger partial charge in [0.15, 0.2) is 5.76 Å². The molecular weight excluding hydrogens is 296 g/mol. The number of amides is 1. The highest BCUT2D eigenvalue weighted by Gasteiger charge is 2.22. The van der Waals surface area contributed by atoms with Crippen molar-refractivity contribution in [2.75, 3.05) is 13.7 Å². The zero-order valence-electron chi connectivity index (χ0n) is 13.4. The maximum absolute atomic E-state index is 12.2. The van der Waals surface area contributed by atoms with Gasteiger partial charge in [0.25, 0.3) is 0 Å². The van der Waals surface area contributed by atoms with Gasteiger partial charge >= 0.3 is 0 Å². The minimum atomic E-state index is 0.0200. The van der Waals surface area contributed by atoms with Crippen molar-refractivity contribution in [1.82, 2.24) is 10.1 Å². The Bertz CT molecular complexity index is 614. The van der Waals surface area contributed by atoms with E-state index < -0.39 is 0 Å². The summed E-state index contributed by atoms with van der Waals surface area (Å²) in [6, 6.07) is 5.70. The Labute approximate surface area is 135 Å². The summed E-state index contributed by atoms with van der Waals surface area (Å²) < 4.78 is 15.9. The third kappa shape index (κ3) is 4.01. The van der Waals surface area contributed by atoms with Crippen molar-refractivity contribution in [3.8, 4) is 11.5 Å². The molecule has 6 nitrogen and oxygen atoms in total. The van der Waals surface area contributed by atoms with Crippen molar-refractivity contribution >= 4 is 5.91 Å². The number of hydrogen-bond acceptors (Lipinski definition) is 5. The molecule has 0 aliphatic heterocycles. The van der Waals surface area contributed by atoms with Gasteiger partial charge in [-0.05, 0) is 25.0 Å². The fourth-order valence-corrected chi connectivity index (χ4v) is 2.93. The second-order valence-corrected chi connectivity index (χ2v) is 5.95. The molecular formula is C17H22N2O4. The molecule has 0 unspecified atom stereocenters. The van der Waals surface area contributed by atoms with Crippen LogP contribution in [-0.2, 0) is 16.1 Å². The molecule has 0 saturated heterocycles. The van der Waals surface area contributed by atoms with E-state index in [1.54, 1.807) is 24.5 Å². The lowest BCUT2D eigenvalue weighted by Crippen LogP contribution is -2.40. The molecule has 2 aromatic heterocycles. The number of furan rings is 1. The summed E-state index contributed by atoms with van der Waals surface area (Å²) in [6.07, 6.45) is 7.46. The van der Waals surface area contributed by atoms with Gasteiger partial charge in [-0.15, -0.1) is 0 Å². The molecule has 1 amide bonds. The van der Waals surface area contributed by atoms with Gasteiger partial charge in [0, 0.05) is 19.2 Å². The minimum absolute atomic E-state index is 0.0200. The van der Waals surface area contributed by atoms with E-state index in [0.29, 0.717) is 23.3 Å². The van der Waals surface area contributed by atoms with Gasteiger partial charge in [-0.1, -0.05) is 24.4 Å². The van der Waals surface area contributed by atoms with E-state index in [0.717, 1.165) is 12.8 Å². The maximum atomic E-state index is 12.2. The lowest BCUT2D eigenvalue weighted by atomic mass is 9.94. The van der Waals surface area contributed by atoms with Crippen LogP contribution in [0.25, 0.3) is 11.5 Å². The number of carbonyl (C=O) groups excluding carboxylic acids is 1. The average Bonchev–Trinajstić information content (AvgIpc) is 3.26. The topological polar surface area (TPSA) is 68.7 Å². The molecule has 3 rings (SSSR count). The van der Waals surface area contributed by atoms with E-state index >= 15 is 0 Å². The predicted molar refractivity (Wildman–Crippen MR) is 83.5 cm³/mol. The number of ether oxygens (including phenoxy) is 1. The van der Waals surface area contributed by atoms with E-state index in [-0.39, 0.29) is 19.1 Å². The highest BCUT2D eigenvalue weighted by atomic mass is 16.5. The molecule has 1 saturated carbocycles. The summed E-state index contributed by atoms with van der Waals surface area (Å²) >= 11 is 0. The first-order valence-electron chi connectivity index (χ1n) is 8.07. The lowest BCUT2D eigenvalue weighted by molar-refractivity contribution is -0.138. The van der Waals surface area contributed by atoms with Crippen molar-refractivity contribution in [1.29, 1.82) is 0 Å². The van der Waals surface area contributed by atoms with Crippen LogP contribution >= 0.6 is 0 Å². The summed E-state index contributed by atoms with van der Waals surface area (Å²) in [5, 5.41) is 3.92. The van der Waals surface area contributed by atoms with E-state index in [1.165, 1.54) is 19.3 Å². The molecule has 0 spiro atoms. The number of carbonyl (C=O) groups is 1. The first-order chi connectivity index (χ1) is 11.2. The third-order valence-corrected chi connectivity index (χ3v) is 4.31. The summed E-state index contributed by atoms with van der Waals surface area (Å²) in [4.78, 5) is 14.0. The molecule has 2 aromatic rings. The smallest absolute Gasteiger partial charge is 0.248 e. The van der Waals surface area contributed by atoms with Crippen molar-refractivity contribution in [2.45, 2.75) is 44.8 Å². The predicted octanol–water partition coefficient (Wildman–Crippen LogP) is 3.24. The van der Waals surface area contributed by atoms with Crippen LogP contribution < -0.4 is 0 Å². The monoisotopic (exact) mass is 318 g/mol. The number of likely N-dealkylation sites (N-methyl/N-ethyl adjacent to an activating group) is 1. The van der Waals surface area contributed by atoms with E-state index in [4.69, 9.17) is 13.7 Å². The van der Waals surface area contributed by atoms with Crippen LogP contribution in [0.15, 0.2) is 33.4 Å². The van der Waals surface area contributed by atoms with Crippen LogP contribution in [0.4, 0.5) is 0 Å². The standard InChI is InChI=1S/C17H22N2O4/c1-19(14-6-3-2-4-7-14)17(20)12-21-11-13-10-16(23-18-13)15-8-5-9-22-15/h5,8-10,14H,2-4,6-7,11-12H2,1H3. The van der Waals surface area contributed by atoms with Crippen LogP contribution in [-0.4, -0.2) is 35.7 Å². The largest absolute Gasteiger partial charge is 0.461 e. The normalized spacial score (nSPS) is 15.7. The van der Waals surface area contributed by atoms with Gasteiger partial charge in [0.1, 0.15) is 12.3 Å². The fourth-order valence-electron chi connectivity index (χ4n) is 2.93. The highest BCUT2D eigenvalue weighted by molar-refractivity contribution is 5.77. The van der Waals surface area contributed by atoms with Crippen LogP contribution in [0.2, 0.25) is 0 Å². The Balaban J connectivity index is 1.44. The highest BCUT2D eigenvalue weighted by Crippen LogP contribution is 2.22. The zero-order valence-corrected chi connectivity index (χ0v) is 13.4. The Kier molecular flexibility index (Phi) is 5.12. The van der Waals surface area contributed by atoms with Gasteiger partial charge in [0.2, 0.25) is 11.7 Å². The van der Waals surface area contributed by atoms with E-state index in [1.807, 2.05) is 11.9 Å². The number of hydrogen-bond donors (Lipinski definition) is 0. The molecule has 6 heteroatoms. The molecule has 0 bridgehead atoms. The summed E-state index contributed by atoms with van der Waals surface area (Å²) in [5.41, 5.74) is 0.643. The van der Waals surface area contributed by atoms with Crippen molar-refractivity contribution in [3.05, 3.63) is 30.2 Å². The first-order valence-corrected chi connectivity index (χ1v) is 8.07.